The van der Waals surface area contributed by atoms with Gasteiger partial charge in [-0.25, -0.2) is 0 Å². The van der Waals surface area contributed by atoms with E-state index in [-0.39, 0.29) is 0 Å². The number of halogens is 1. The van der Waals surface area contributed by atoms with Crippen LogP contribution in [0.1, 0.15) is 19.7 Å². The number of benzene rings is 1. The minimum atomic E-state index is 0.343. The Bertz CT molecular complexity index is 614. The topological polar surface area (TPSA) is 69.4 Å². The average molecular weight is 312 g/mol. The van der Waals surface area contributed by atoms with Gasteiger partial charge in [0.1, 0.15) is 0 Å². The summed E-state index contributed by atoms with van der Waals surface area (Å²) in [5.74, 6) is 1.97. The third kappa shape index (κ3) is 3.65. The molecule has 0 radical (unpaired) electrons. The Morgan fingerprint density at radius 1 is 1.29 bits per heavy atom. The van der Waals surface area contributed by atoms with Gasteiger partial charge < -0.3 is 19.3 Å². The molecule has 0 bridgehead atoms. The zero-order valence-corrected chi connectivity index (χ0v) is 13.2. The van der Waals surface area contributed by atoms with Crippen molar-refractivity contribution >= 4 is 11.6 Å². The summed E-state index contributed by atoms with van der Waals surface area (Å²) in [6.07, 6.45) is 0. The second-order valence-electron chi connectivity index (χ2n) is 4.74. The van der Waals surface area contributed by atoms with Gasteiger partial charge in [0.15, 0.2) is 11.5 Å². The summed E-state index contributed by atoms with van der Waals surface area (Å²) in [4.78, 5) is 4.33. The van der Waals surface area contributed by atoms with Crippen molar-refractivity contribution in [1.82, 2.24) is 15.5 Å². The lowest BCUT2D eigenvalue weighted by molar-refractivity contribution is 0.355. The molecule has 0 spiro atoms. The van der Waals surface area contributed by atoms with Gasteiger partial charge in [-0.3, -0.25) is 0 Å². The van der Waals surface area contributed by atoms with Crippen LogP contribution in [0, 0.1) is 0 Å². The van der Waals surface area contributed by atoms with E-state index in [1.165, 1.54) is 7.11 Å². The second-order valence-corrected chi connectivity index (χ2v) is 5.15. The maximum atomic E-state index is 6.17. The van der Waals surface area contributed by atoms with E-state index in [2.05, 4.69) is 15.5 Å². The Morgan fingerprint density at radius 2 is 2.05 bits per heavy atom. The minimum Gasteiger partial charge on any atom is -0.493 e. The number of methoxy groups -OCH3 is 2. The smallest absolute Gasteiger partial charge is 0.240 e. The summed E-state index contributed by atoms with van der Waals surface area (Å²) in [5.41, 5.74) is 0.706. The fraction of sp³-hybridized carbons (Fsp3) is 0.429. The van der Waals surface area contributed by atoms with E-state index >= 15 is 0 Å². The van der Waals surface area contributed by atoms with Crippen molar-refractivity contribution in [1.29, 1.82) is 0 Å². The molecular formula is C14H18ClN3O3. The summed E-state index contributed by atoms with van der Waals surface area (Å²) in [5, 5.41) is 7.60. The quantitative estimate of drug-likeness (QED) is 0.884. The van der Waals surface area contributed by atoms with Crippen molar-refractivity contribution in [3.63, 3.8) is 0 Å². The number of rotatable bonds is 6. The molecule has 0 saturated heterocycles. The van der Waals surface area contributed by atoms with Gasteiger partial charge in [0.05, 0.1) is 25.8 Å². The molecule has 0 saturated carbocycles. The first-order valence-electron chi connectivity index (χ1n) is 6.53. The highest BCUT2D eigenvalue weighted by atomic mass is 35.5. The van der Waals surface area contributed by atoms with E-state index in [0.717, 1.165) is 0 Å². The van der Waals surface area contributed by atoms with Crippen molar-refractivity contribution < 1.29 is 14.0 Å². The highest BCUT2D eigenvalue weighted by molar-refractivity contribution is 6.32. The maximum Gasteiger partial charge on any atom is 0.240 e. The molecule has 1 N–H and O–H groups in total. The first-order valence-corrected chi connectivity index (χ1v) is 6.90. The summed E-state index contributed by atoms with van der Waals surface area (Å²) >= 11 is 6.17. The monoisotopic (exact) mass is 311 g/mol. The average Bonchev–Trinajstić information content (AvgIpc) is 2.93. The number of hydrogen-bond donors (Lipinski definition) is 1. The molecule has 21 heavy (non-hydrogen) atoms. The van der Waals surface area contributed by atoms with Gasteiger partial charge in [-0.15, -0.1) is 0 Å². The molecule has 1 heterocycles. The Kier molecular flexibility index (Phi) is 5.03. The number of aromatic nitrogens is 2. The molecule has 0 fully saturated rings. The molecule has 2 rings (SSSR count). The van der Waals surface area contributed by atoms with E-state index in [1.54, 1.807) is 19.2 Å². The molecule has 0 unspecified atom stereocenters. The SMILES string of the molecule is COc1cc(-c2noc(CNC(C)C)n2)cc(Cl)c1OC. The minimum absolute atomic E-state index is 0.343. The summed E-state index contributed by atoms with van der Waals surface area (Å²) in [7, 11) is 3.08. The van der Waals surface area contributed by atoms with Crippen molar-refractivity contribution in [2.75, 3.05) is 14.2 Å². The summed E-state index contributed by atoms with van der Waals surface area (Å²) < 4.78 is 15.7. The molecule has 0 aliphatic rings. The lowest BCUT2D eigenvalue weighted by atomic mass is 10.2. The molecule has 1 aromatic carbocycles. The third-order valence-electron chi connectivity index (χ3n) is 2.82. The normalized spacial score (nSPS) is 11.0. The van der Waals surface area contributed by atoms with Crippen LogP contribution in [0.25, 0.3) is 11.4 Å². The molecule has 0 aliphatic heterocycles. The predicted octanol–water partition coefficient (Wildman–Crippen LogP) is 2.91. The molecule has 7 heteroatoms. The summed E-state index contributed by atoms with van der Waals surface area (Å²) in [6, 6.07) is 3.82. The number of ether oxygens (including phenoxy) is 2. The lowest BCUT2D eigenvalue weighted by Crippen LogP contribution is -2.21. The number of hydrogen-bond acceptors (Lipinski definition) is 6. The maximum absolute atomic E-state index is 6.17. The number of nitrogens with zero attached hydrogens (tertiary/aromatic N) is 2. The van der Waals surface area contributed by atoms with Crippen LogP contribution in [0.3, 0.4) is 0 Å². The van der Waals surface area contributed by atoms with E-state index in [4.69, 9.17) is 25.6 Å². The van der Waals surface area contributed by atoms with Crippen LogP contribution in [0.2, 0.25) is 5.02 Å². The summed E-state index contributed by atoms with van der Waals surface area (Å²) in [6.45, 7) is 4.61. The van der Waals surface area contributed by atoms with E-state index in [0.29, 0.717) is 46.4 Å². The molecular weight excluding hydrogens is 294 g/mol. The zero-order chi connectivity index (χ0) is 15.4. The molecule has 0 amide bonds. The molecule has 1 aromatic heterocycles. The Morgan fingerprint density at radius 3 is 2.67 bits per heavy atom. The molecule has 114 valence electrons. The van der Waals surface area contributed by atoms with Crippen LogP contribution in [0.15, 0.2) is 16.7 Å². The first-order chi connectivity index (χ1) is 10.0. The van der Waals surface area contributed by atoms with Crippen LogP contribution in [-0.2, 0) is 6.54 Å². The standard InChI is InChI=1S/C14H18ClN3O3/c1-8(2)16-7-12-17-14(18-21-12)9-5-10(15)13(20-4)11(6-9)19-3/h5-6,8,16H,7H2,1-4H3. The molecule has 2 aromatic rings. The van der Waals surface area contributed by atoms with Crippen LogP contribution >= 0.6 is 11.6 Å². The van der Waals surface area contributed by atoms with Crippen LogP contribution in [0.4, 0.5) is 0 Å². The second kappa shape index (κ2) is 6.78. The van der Waals surface area contributed by atoms with Gasteiger partial charge in [0.2, 0.25) is 11.7 Å². The Balaban J connectivity index is 2.28. The van der Waals surface area contributed by atoms with Gasteiger partial charge >= 0.3 is 0 Å². The van der Waals surface area contributed by atoms with E-state index in [9.17, 15) is 0 Å². The van der Waals surface area contributed by atoms with Crippen LogP contribution in [-0.4, -0.2) is 30.4 Å². The van der Waals surface area contributed by atoms with Crippen molar-refractivity contribution in [3.05, 3.63) is 23.0 Å². The van der Waals surface area contributed by atoms with Crippen molar-refractivity contribution in [2.45, 2.75) is 26.4 Å². The fourth-order valence-electron chi connectivity index (χ4n) is 1.78. The third-order valence-corrected chi connectivity index (χ3v) is 3.10. The fourth-order valence-corrected chi connectivity index (χ4v) is 2.07. The zero-order valence-electron chi connectivity index (χ0n) is 12.4. The van der Waals surface area contributed by atoms with Gasteiger partial charge in [0.25, 0.3) is 0 Å². The first kappa shape index (κ1) is 15.6. The molecule has 0 atom stereocenters. The highest BCUT2D eigenvalue weighted by Crippen LogP contribution is 2.38. The Hall–Kier alpha value is -1.79. The van der Waals surface area contributed by atoms with E-state index in [1.807, 2.05) is 13.8 Å². The molecule has 0 aliphatic carbocycles. The van der Waals surface area contributed by atoms with Gasteiger partial charge in [0, 0.05) is 11.6 Å². The van der Waals surface area contributed by atoms with Gasteiger partial charge in [-0.05, 0) is 12.1 Å². The van der Waals surface area contributed by atoms with Crippen LogP contribution in [0.5, 0.6) is 11.5 Å². The molecule has 6 nitrogen and oxygen atoms in total. The van der Waals surface area contributed by atoms with Crippen molar-refractivity contribution in [3.8, 4) is 22.9 Å². The highest BCUT2D eigenvalue weighted by Gasteiger charge is 2.15. The number of nitrogens with one attached hydrogen (secondary N) is 1. The largest absolute Gasteiger partial charge is 0.493 e. The van der Waals surface area contributed by atoms with Gasteiger partial charge in [-0.2, -0.15) is 4.98 Å². The van der Waals surface area contributed by atoms with Gasteiger partial charge in [-0.1, -0.05) is 30.6 Å². The predicted molar refractivity (Wildman–Crippen MR) is 79.8 cm³/mol. The van der Waals surface area contributed by atoms with E-state index < -0.39 is 0 Å². The Labute approximate surface area is 128 Å². The lowest BCUT2D eigenvalue weighted by Gasteiger charge is -2.10. The van der Waals surface area contributed by atoms with Crippen molar-refractivity contribution in [2.24, 2.45) is 0 Å². The van der Waals surface area contributed by atoms with Crippen LogP contribution < -0.4 is 14.8 Å².